The largest absolute Gasteiger partial charge is 0.370 e. The van der Waals surface area contributed by atoms with Gasteiger partial charge in [0.1, 0.15) is 5.82 Å². The predicted octanol–water partition coefficient (Wildman–Crippen LogP) is 3.49. The number of nitrogens with two attached hydrogens (primary N) is 2. The zero-order valence-corrected chi connectivity index (χ0v) is 23.4. The van der Waals surface area contributed by atoms with Crippen LogP contribution in [0.4, 0.5) is 5.82 Å². The minimum atomic E-state index is -3.88. The van der Waals surface area contributed by atoms with Gasteiger partial charge in [-0.05, 0) is 78.1 Å². The number of amides is 1. The molecule has 6 N–H and O–H groups in total. The first kappa shape index (κ1) is 28.1. The Bertz CT molecular complexity index is 1360. The molecule has 9 nitrogen and oxygen atoms in total. The number of likely N-dealkylation sites (tertiary alicyclic amines) is 1. The highest BCUT2D eigenvalue weighted by molar-refractivity contribution is 14.1. The number of halogens is 2. The fourth-order valence-electron chi connectivity index (χ4n) is 4.67. The summed E-state index contributed by atoms with van der Waals surface area (Å²) in [6.07, 6.45) is 2.27. The van der Waals surface area contributed by atoms with Crippen molar-refractivity contribution < 1.29 is 13.2 Å². The molecule has 0 aliphatic carbocycles. The molecule has 3 aromatic rings. The van der Waals surface area contributed by atoms with E-state index in [1.165, 1.54) is 0 Å². The van der Waals surface area contributed by atoms with Crippen LogP contribution in [0.1, 0.15) is 24.8 Å². The molecule has 1 atom stereocenters. The second-order valence-corrected chi connectivity index (χ2v) is 11.7. The number of nitrogens with zero attached hydrogens (tertiary/aromatic N) is 2. The molecule has 0 saturated carbocycles. The van der Waals surface area contributed by atoms with Crippen LogP contribution in [-0.4, -0.2) is 42.8 Å². The van der Waals surface area contributed by atoms with Crippen LogP contribution >= 0.6 is 35.0 Å². The molecule has 1 aliphatic rings. The number of hydrogen-bond donors (Lipinski definition) is 4. The Hall–Kier alpha value is -2.51. The summed E-state index contributed by atoms with van der Waals surface area (Å²) < 4.78 is 32.5. The van der Waals surface area contributed by atoms with Gasteiger partial charge in [-0.1, -0.05) is 18.2 Å². The van der Waals surface area contributed by atoms with E-state index in [0.717, 1.165) is 39.4 Å². The smallest absolute Gasteiger partial charge is 0.263 e. The highest BCUT2D eigenvalue weighted by Crippen LogP contribution is 2.35. The number of hydrogen-bond acceptors (Lipinski definition) is 4. The minimum Gasteiger partial charge on any atom is -0.370 e. The molecule has 194 valence electrons. The summed E-state index contributed by atoms with van der Waals surface area (Å²) in [7, 11) is -3.88. The molecule has 1 aliphatic heterocycles. The van der Waals surface area contributed by atoms with Crippen LogP contribution in [0.25, 0.3) is 10.9 Å². The van der Waals surface area contributed by atoms with E-state index in [4.69, 9.17) is 16.9 Å². The number of benzene rings is 2. The molecule has 4 rings (SSSR count). The van der Waals surface area contributed by atoms with Crippen molar-refractivity contribution in [2.45, 2.75) is 37.1 Å². The van der Waals surface area contributed by atoms with Crippen LogP contribution < -0.4 is 16.2 Å². The molecule has 0 spiro atoms. The van der Waals surface area contributed by atoms with Gasteiger partial charge in [0.25, 0.3) is 10.0 Å². The quantitative estimate of drug-likeness (QED) is 0.168. The Morgan fingerprint density at radius 1 is 1.14 bits per heavy atom. The van der Waals surface area contributed by atoms with Gasteiger partial charge in [0, 0.05) is 46.1 Å². The van der Waals surface area contributed by atoms with Gasteiger partial charge < -0.3 is 20.9 Å². The number of fused-ring (bicyclic) bond motifs is 1. The maximum absolute atomic E-state index is 13.4. The van der Waals surface area contributed by atoms with Crippen molar-refractivity contribution in [3.63, 3.8) is 0 Å². The van der Waals surface area contributed by atoms with Gasteiger partial charge in [-0.25, -0.2) is 8.42 Å². The Morgan fingerprint density at radius 2 is 1.83 bits per heavy atom. The number of aryl methyl sites for hydroxylation is 1. The molecular formula is C24H30ClIN6O3S. The lowest BCUT2D eigenvalue weighted by Crippen LogP contribution is -2.44. The number of primary amides is 1. The van der Waals surface area contributed by atoms with E-state index in [-0.39, 0.29) is 35.6 Å². The second-order valence-electron chi connectivity index (χ2n) is 8.82. The van der Waals surface area contributed by atoms with Crippen molar-refractivity contribution >= 4 is 73.6 Å². The van der Waals surface area contributed by atoms with Crippen molar-refractivity contribution in [2.75, 3.05) is 17.8 Å². The van der Waals surface area contributed by atoms with Crippen LogP contribution in [0.15, 0.2) is 53.4 Å². The van der Waals surface area contributed by atoms with E-state index < -0.39 is 15.9 Å². The summed E-state index contributed by atoms with van der Waals surface area (Å²) >= 11 is 2.13. The van der Waals surface area contributed by atoms with E-state index in [0.29, 0.717) is 25.3 Å². The van der Waals surface area contributed by atoms with Gasteiger partial charge in [0.2, 0.25) is 5.91 Å². The second kappa shape index (κ2) is 11.7. The Morgan fingerprint density at radius 3 is 2.50 bits per heavy atom. The third-order valence-corrected chi connectivity index (χ3v) is 8.43. The number of sulfonamides is 1. The average Bonchev–Trinajstić information content (AvgIpc) is 3.10. The first-order chi connectivity index (χ1) is 16.7. The molecule has 2 aromatic carbocycles. The number of nitrogens with one attached hydrogen (secondary N) is 2. The van der Waals surface area contributed by atoms with Gasteiger partial charge in [-0.15, -0.1) is 12.4 Å². The van der Waals surface area contributed by atoms with Gasteiger partial charge >= 0.3 is 0 Å². The SMILES string of the molecule is Cl.N=C(N)N1CCC[C@@H](Cn2c(NS(=O)(=O)c3ccc(I)cc3)c(CCC(N)=O)c3ccccc32)C1. The zero-order chi connectivity index (χ0) is 25.2. The van der Waals surface area contributed by atoms with Crippen LogP contribution in [0, 0.1) is 14.9 Å². The molecule has 1 fully saturated rings. The van der Waals surface area contributed by atoms with Gasteiger partial charge in [0.05, 0.1) is 4.90 Å². The van der Waals surface area contributed by atoms with E-state index in [1.54, 1.807) is 24.3 Å². The van der Waals surface area contributed by atoms with Crippen LogP contribution in [0.5, 0.6) is 0 Å². The average molecular weight is 645 g/mol. The van der Waals surface area contributed by atoms with Gasteiger partial charge in [0.15, 0.2) is 5.96 Å². The summed E-state index contributed by atoms with van der Waals surface area (Å²) in [4.78, 5) is 13.6. The summed E-state index contributed by atoms with van der Waals surface area (Å²) in [5.74, 6) is 0.228. The van der Waals surface area contributed by atoms with E-state index in [2.05, 4.69) is 27.3 Å². The normalized spacial score (nSPS) is 15.9. The maximum Gasteiger partial charge on any atom is 0.263 e. The molecule has 0 unspecified atom stereocenters. The molecular weight excluding hydrogens is 615 g/mol. The number of carbonyl (C=O) groups excluding carboxylic acids is 1. The molecule has 0 radical (unpaired) electrons. The number of rotatable bonds is 8. The highest BCUT2D eigenvalue weighted by atomic mass is 127. The number of carbonyl (C=O) groups is 1. The van der Waals surface area contributed by atoms with Crippen molar-refractivity contribution in [3.8, 4) is 0 Å². The summed E-state index contributed by atoms with van der Waals surface area (Å²) in [6, 6.07) is 14.4. The summed E-state index contributed by atoms with van der Waals surface area (Å²) in [5, 5.41) is 8.70. The zero-order valence-electron chi connectivity index (χ0n) is 19.6. The van der Waals surface area contributed by atoms with Crippen molar-refractivity contribution in [1.82, 2.24) is 9.47 Å². The van der Waals surface area contributed by atoms with Crippen LogP contribution in [0.2, 0.25) is 0 Å². The van der Waals surface area contributed by atoms with E-state index in [1.807, 2.05) is 33.7 Å². The monoisotopic (exact) mass is 644 g/mol. The van der Waals surface area contributed by atoms with E-state index in [9.17, 15) is 13.2 Å². The lowest BCUT2D eigenvalue weighted by atomic mass is 9.98. The number of anilines is 1. The molecule has 1 aromatic heterocycles. The number of para-hydroxylation sites is 1. The number of aromatic nitrogens is 1. The molecule has 0 bridgehead atoms. The Kier molecular flexibility index (Phi) is 9.12. The molecule has 1 amide bonds. The summed E-state index contributed by atoms with van der Waals surface area (Å²) in [5.41, 5.74) is 12.8. The van der Waals surface area contributed by atoms with Crippen molar-refractivity contribution in [2.24, 2.45) is 17.4 Å². The fraction of sp³-hybridized carbons (Fsp3) is 0.333. The predicted molar refractivity (Wildman–Crippen MR) is 153 cm³/mol. The first-order valence-corrected chi connectivity index (χ1v) is 14.0. The Balaban J connectivity index is 0.00000361. The lowest BCUT2D eigenvalue weighted by molar-refractivity contribution is -0.117. The highest BCUT2D eigenvalue weighted by Gasteiger charge is 2.27. The number of piperidine rings is 1. The molecule has 2 heterocycles. The van der Waals surface area contributed by atoms with Crippen LogP contribution in [-0.2, 0) is 27.8 Å². The van der Waals surface area contributed by atoms with Gasteiger partial charge in [-0.2, -0.15) is 0 Å². The lowest BCUT2D eigenvalue weighted by Gasteiger charge is -2.33. The topological polar surface area (TPSA) is 147 Å². The third-order valence-electron chi connectivity index (χ3n) is 6.35. The number of guanidine groups is 1. The molecule has 1 saturated heterocycles. The van der Waals surface area contributed by atoms with Crippen molar-refractivity contribution in [3.05, 3.63) is 57.7 Å². The van der Waals surface area contributed by atoms with Gasteiger partial charge in [-0.3, -0.25) is 14.9 Å². The first-order valence-electron chi connectivity index (χ1n) is 11.4. The van der Waals surface area contributed by atoms with E-state index >= 15 is 0 Å². The fourth-order valence-corrected chi connectivity index (χ4v) is 6.13. The Labute approximate surface area is 230 Å². The summed E-state index contributed by atoms with van der Waals surface area (Å²) in [6.45, 7) is 1.92. The molecule has 12 heteroatoms. The maximum atomic E-state index is 13.4. The third kappa shape index (κ3) is 6.24. The molecule has 36 heavy (non-hydrogen) atoms. The van der Waals surface area contributed by atoms with Crippen LogP contribution in [0.3, 0.4) is 0 Å². The minimum absolute atomic E-state index is 0. The van der Waals surface area contributed by atoms with Crippen molar-refractivity contribution in [1.29, 1.82) is 5.41 Å². The standard InChI is InChI=1S/C24H29IN6O3S.ClH/c25-17-7-9-18(10-8-17)35(33,34)29-23-20(11-12-22(26)32)19-5-1-2-6-21(19)31(23)15-16-4-3-13-30(14-16)24(27)28;/h1-2,5-10,16,29H,3-4,11-15H2,(H2,26,32)(H3,27,28);1H/t16-;/m1./s1.